The fourth-order valence-corrected chi connectivity index (χ4v) is 2.22. The third-order valence-electron chi connectivity index (χ3n) is 1.96. The SMILES string of the molecule is CCCNc1nn(C)c(N)c1S(C)(=O)=O. The molecule has 6 nitrogen and oxygen atoms in total. The summed E-state index contributed by atoms with van der Waals surface area (Å²) < 4.78 is 24.3. The summed E-state index contributed by atoms with van der Waals surface area (Å²) in [4.78, 5) is 0.0819. The molecule has 0 bridgehead atoms. The number of hydrogen-bond donors (Lipinski definition) is 2. The van der Waals surface area contributed by atoms with Crippen LogP contribution in [-0.2, 0) is 16.9 Å². The first kappa shape index (κ1) is 11.8. The monoisotopic (exact) mass is 232 g/mol. The van der Waals surface area contributed by atoms with Crippen molar-refractivity contribution in [3.63, 3.8) is 0 Å². The molecule has 0 atom stereocenters. The van der Waals surface area contributed by atoms with Crippen LogP contribution >= 0.6 is 0 Å². The number of nitrogen functional groups attached to an aromatic ring is 1. The van der Waals surface area contributed by atoms with E-state index in [0.717, 1.165) is 12.7 Å². The highest BCUT2D eigenvalue weighted by atomic mass is 32.2. The lowest BCUT2D eigenvalue weighted by Gasteiger charge is -2.02. The first-order valence-electron chi connectivity index (χ1n) is 4.64. The Bertz CT molecular complexity index is 449. The number of hydrogen-bond acceptors (Lipinski definition) is 5. The number of sulfone groups is 1. The lowest BCUT2D eigenvalue weighted by atomic mass is 10.4. The zero-order valence-electron chi connectivity index (χ0n) is 9.11. The van der Waals surface area contributed by atoms with Crippen molar-refractivity contribution in [2.45, 2.75) is 18.2 Å². The van der Waals surface area contributed by atoms with Gasteiger partial charge in [0, 0.05) is 19.8 Å². The smallest absolute Gasteiger partial charge is 0.182 e. The summed E-state index contributed by atoms with van der Waals surface area (Å²) in [6.07, 6.45) is 2.01. The molecule has 1 heterocycles. The predicted molar refractivity (Wildman–Crippen MR) is 59.5 cm³/mol. The van der Waals surface area contributed by atoms with Crippen molar-refractivity contribution in [2.24, 2.45) is 7.05 Å². The van der Waals surface area contributed by atoms with Gasteiger partial charge in [0.25, 0.3) is 0 Å². The Kier molecular flexibility index (Phi) is 3.23. The zero-order valence-corrected chi connectivity index (χ0v) is 9.93. The Balaban J connectivity index is 3.22. The minimum absolute atomic E-state index is 0.0819. The second kappa shape index (κ2) is 4.09. The van der Waals surface area contributed by atoms with E-state index >= 15 is 0 Å². The van der Waals surface area contributed by atoms with Crippen molar-refractivity contribution in [1.29, 1.82) is 0 Å². The van der Waals surface area contributed by atoms with Crippen LogP contribution in [0, 0.1) is 0 Å². The molecule has 0 unspecified atom stereocenters. The Morgan fingerprint density at radius 2 is 2.13 bits per heavy atom. The second-order valence-electron chi connectivity index (χ2n) is 3.39. The quantitative estimate of drug-likeness (QED) is 0.775. The van der Waals surface area contributed by atoms with Crippen molar-refractivity contribution < 1.29 is 8.42 Å². The van der Waals surface area contributed by atoms with Crippen molar-refractivity contribution in [3.8, 4) is 0 Å². The van der Waals surface area contributed by atoms with Gasteiger partial charge in [0.2, 0.25) is 0 Å². The summed E-state index contributed by atoms with van der Waals surface area (Å²) in [7, 11) is -1.73. The molecule has 0 aromatic carbocycles. The molecule has 0 amide bonds. The number of aromatic nitrogens is 2. The Hall–Kier alpha value is -1.24. The van der Waals surface area contributed by atoms with Crippen LogP contribution in [0.5, 0.6) is 0 Å². The molecule has 0 radical (unpaired) electrons. The molecule has 0 saturated heterocycles. The third kappa shape index (κ3) is 2.41. The van der Waals surface area contributed by atoms with Crippen LogP contribution in [0.15, 0.2) is 4.90 Å². The van der Waals surface area contributed by atoms with E-state index < -0.39 is 9.84 Å². The molecule has 0 fully saturated rings. The highest BCUT2D eigenvalue weighted by Crippen LogP contribution is 2.25. The maximum Gasteiger partial charge on any atom is 0.182 e. The van der Waals surface area contributed by atoms with Crippen LogP contribution in [0.2, 0.25) is 0 Å². The number of nitrogens with zero attached hydrogens (tertiary/aromatic N) is 2. The molecule has 7 heteroatoms. The van der Waals surface area contributed by atoms with Crippen molar-refractivity contribution in [2.75, 3.05) is 23.9 Å². The first-order valence-corrected chi connectivity index (χ1v) is 6.53. The van der Waals surface area contributed by atoms with Gasteiger partial charge in [0.15, 0.2) is 20.6 Å². The van der Waals surface area contributed by atoms with Gasteiger partial charge in [-0.25, -0.2) is 13.1 Å². The fourth-order valence-electron chi connectivity index (χ4n) is 1.24. The summed E-state index contributed by atoms with van der Waals surface area (Å²) in [6, 6.07) is 0. The molecular formula is C8H16N4O2S. The molecule has 0 aliphatic rings. The maximum absolute atomic E-state index is 11.5. The first-order chi connectivity index (χ1) is 6.88. The number of nitrogens with two attached hydrogens (primary N) is 1. The van der Waals surface area contributed by atoms with E-state index in [1.54, 1.807) is 7.05 Å². The standard InChI is InChI=1S/C8H16N4O2S/c1-4-5-10-8-6(15(3,13)14)7(9)12(2)11-8/h4-5,9H2,1-3H3,(H,10,11). The predicted octanol–water partition coefficient (Wildman–Crippen LogP) is 0.228. The van der Waals surface area contributed by atoms with Gasteiger partial charge >= 0.3 is 0 Å². The normalized spacial score (nSPS) is 11.7. The van der Waals surface area contributed by atoms with Gasteiger partial charge in [-0.15, -0.1) is 0 Å². The summed E-state index contributed by atoms with van der Waals surface area (Å²) in [5.74, 6) is 0.496. The molecule has 3 N–H and O–H groups in total. The van der Waals surface area contributed by atoms with Gasteiger partial charge < -0.3 is 11.1 Å². The molecular weight excluding hydrogens is 216 g/mol. The number of rotatable bonds is 4. The van der Waals surface area contributed by atoms with Crippen LogP contribution in [0.3, 0.4) is 0 Å². The lowest BCUT2D eigenvalue weighted by Crippen LogP contribution is -2.07. The van der Waals surface area contributed by atoms with E-state index in [-0.39, 0.29) is 10.7 Å². The average molecular weight is 232 g/mol. The number of aryl methyl sites for hydroxylation is 1. The van der Waals surface area contributed by atoms with Crippen molar-refractivity contribution >= 4 is 21.5 Å². The van der Waals surface area contributed by atoms with Crippen molar-refractivity contribution in [3.05, 3.63) is 0 Å². The molecule has 0 aliphatic carbocycles. The lowest BCUT2D eigenvalue weighted by molar-refractivity contribution is 0.602. The van der Waals surface area contributed by atoms with Crippen LogP contribution < -0.4 is 11.1 Å². The molecule has 1 rings (SSSR count). The number of nitrogens with one attached hydrogen (secondary N) is 1. The van der Waals surface area contributed by atoms with Gasteiger partial charge in [-0.2, -0.15) is 5.10 Å². The van der Waals surface area contributed by atoms with Gasteiger partial charge in [-0.3, -0.25) is 0 Å². The van der Waals surface area contributed by atoms with Gasteiger partial charge in [0.05, 0.1) is 0 Å². The largest absolute Gasteiger partial charge is 0.383 e. The molecule has 15 heavy (non-hydrogen) atoms. The topological polar surface area (TPSA) is 90.0 Å². The zero-order chi connectivity index (χ0) is 11.6. The molecule has 0 spiro atoms. The van der Waals surface area contributed by atoms with E-state index in [0.29, 0.717) is 12.4 Å². The highest BCUT2D eigenvalue weighted by Gasteiger charge is 2.22. The van der Waals surface area contributed by atoms with E-state index in [4.69, 9.17) is 5.73 Å². The van der Waals surface area contributed by atoms with Crippen LogP contribution in [-0.4, -0.2) is 31.0 Å². The Labute approximate surface area is 89.4 Å². The van der Waals surface area contributed by atoms with Gasteiger partial charge in [-0.1, -0.05) is 6.92 Å². The van der Waals surface area contributed by atoms with Crippen molar-refractivity contribution in [1.82, 2.24) is 9.78 Å². The molecule has 0 aliphatic heterocycles. The summed E-state index contributed by atoms with van der Waals surface area (Å²) in [5, 5.41) is 6.96. The molecule has 86 valence electrons. The fraction of sp³-hybridized carbons (Fsp3) is 0.625. The average Bonchev–Trinajstić information content (AvgIpc) is 2.38. The Morgan fingerprint density at radius 3 is 2.60 bits per heavy atom. The van der Waals surface area contributed by atoms with Crippen LogP contribution in [0.1, 0.15) is 13.3 Å². The van der Waals surface area contributed by atoms with E-state index in [1.807, 2.05) is 6.92 Å². The molecule has 1 aromatic rings. The summed E-state index contributed by atoms with van der Waals surface area (Å²) in [5.41, 5.74) is 5.64. The molecule has 0 saturated carbocycles. The Morgan fingerprint density at radius 1 is 1.53 bits per heavy atom. The molecule has 1 aromatic heterocycles. The highest BCUT2D eigenvalue weighted by molar-refractivity contribution is 7.91. The van der Waals surface area contributed by atoms with Gasteiger partial charge in [-0.05, 0) is 6.42 Å². The minimum atomic E-state index is -3.34. The third-order valence-corrected chi connectivity index (χ3v) is 3.10. The van der Waals surface area contributed by atoms with E-state index in [2.05, 4.69) is 10.4 Å². The maximum atomic E-state index is 11.5. The summed E-state index contributed by atoms with van der Waals surface area (Å²) >= 11 is 0. The minimum Gasteiger partial charge on any atom is -0.383 e. The van der Waals surface area contributed by atoms with E-state index in [9.17, 15) is 8.42 Å². The van der Waals surface area contributed by atoms with E-state index in [1.165, 1.54) is 4.68 Å². The van der Waals surface area contributed by atoms with Crippen LogP contribution in [0.25, 0.3) is 0 Å². The number of anilines is 2. The second-order valence-corrected chi connectivity index (χ2v) is 5.34. The summed E-state index contributed by atoms with van der Waals surface area (Å²) in [6.45, 7) is 2.65. The van der Waals surface area contributed by atoms with Crippen LogP contribution in [0.4, 0.5) is 11.6 Å². The van der Waals surface area contributed by atoms with Gasteiger partial charge in [0.1, 0.15) is 5.82 Å².